The maximum Gasteiger partial charge on any atom is 0.319 e. The number of amides is 3. The summed E-state index contributed by atoms with van der Waals surface area (Å²) in [6.45, 7) is 0.325. The second kappa shape index (κ2) is 9.41. The highest BCUT2D eigenvalue weighted by atomic mass is 16.5. The zero-order valence-electron chi connectivity index (χ0n) is 16.4. The monoisotopic (exact) mass is 389 g/mol. The van der Waals surface area contributed by atoms with Gasteiger partial charge in [-0.25, -0.2) is 4.79 Å². The van der Waals surface area contributed by atoms with Gasteiger partial charge in [0.1, 0.15) is 5.75 Å². The number of methoxy groups -OCH3 is 1. The van der Waals surface area contributed by atoms with Crippen molar-refractivity contribution in [2.24, 2.45) is 0 Å². The van der Waals surface area contributed by atoms with E-state index in [9.17, 15) is 9.59 Å². The van der Waals surface area contributed by atoms with Gasteiger partial charge in [0.05, 0.1) is 7.11 Å². The number of nitrogens with one attached hydrogen (secondary N) is 2. The van der Waals surface area contributed by atoms with Gasteiger partial charge in [-0.15, -0.1) is 0 Å². The first-order valence-corrected chi connectivity index (χ1v) is 9.18. The van der Waals surface area contributed by atoms with Gasteiger partial charge in [0.25, 0.3) is 5.91 Å². The predicted molar refractivity (Wildman–Crippen MR) is 114 cm³/mol. The number of nitrogens with zero attached hydrogens (tertiary/aromatic N) is 1. The molecule has 0 aliphatic rings. The van der Waals surface area contributed by atoms with Crippen molar-refractivity contribution in [3.8, 4) is 5.75 Å². The van der Waals surface area contributed by atoms with E-state index in [1.165, 1.54) is 0 Å². The number of urea groups is 1. The molecular formula is C23H23N3O3. The zero-order valence-corrected chi connectivity index (χ0v) is 16.4. The van der Waals surface area contributed by atoms with Crippen LogP contribution in [0.15, 0.2) is 78.9 Å². The molecule has 2 N–H and O–H groups in total. The van der Waals surface area contributed by atoms with Crippen molar-refractivity contribution in [2.75, 3.05) is 24.4 Å². The van der Waals surface area contributed by atoms with Crippen LogP contribution in [-0.2, 0) is 6.54 Å². The largest absolute Gasteiger partial charge is 0.496 e. The Bertz CT molecular complexity index is 989. The number of para-hydroxylation sites is 2. The average Bonchev–Trinajstić information content (AvgIpc) is 2.77. The number of carbonyl (C=O) groups is 2. The summed E-state index contributed by atoms with van der Waals surface area (Å²) in [6.07, 6.45) is 0. The summed E-state index contributed by atoms with van der Waals surface area (Å²) in [6, 6.07) is 23.4. The molecule has 0 aromatic heterocycles. The van der Waals surface area contributed by atoms with Crippen LogP contribution >= 0.6 is 0 Å². The molecule has 0 saturated carbocycles. The third-order valence-electron chi connectivity index (χ3n) is 4.45. The maximum atomic E-state index is 12.7. The summed E-state index contributed by atoms with van der Waals surface area (Å²) in [5.74, 6) is 0.554. The normalized spacial score (nSPS) is 10.1. The summed E-state index contributed by atoms with van der Waals surface area (Å²) in [5.41, 5.74) is 2.69. The van der Waals surface area contributed by atoms with Crippen molar-refractivity contribution in [2.45, 2.75) is 6.54 Å². The van der Waals surface area contributed by atoms with E-state index in [0.717, 1.165) is 11.3 Å². The van der Waals surface area contributed by atoms with Crippen LogP contribution in [0, 0.1) is 0 Å². The van der Waals surface area contributed by atoms with Gasteiger partial charge < -0.3 is 20.3 Å². The molecule has 3 aromatic rings. The molecule has 0 bridgehead atoms. The Morgan fingerprint density at radius 1 is 0.931 bits per heavy atom. The summed E-state index contributed by atoms with van der Waals surface area (Å²) >= 11 is 0. The lowest BCUT2D eigenvalue weighted by molar-refractivity contribution is 0.0993. The van der Waals surface area contributed by atoms with E-state index < -0.39 is 0 Å². The molecule has 0 aliphatic carbocycles. The highest BCUT2D eigenvalue weighted by Crippen LogP contribution is 2.18. The number of anilines is 2. The van der Waals surface area contributed by atoms with Gasteiger partial charge in [-0.3, -0.25) is 4.79 Å². The highest BCUT2D eigenvalue weighted by Gasteiger charge is 2.14. The molecule has 0 aliphatic heterocycles. The number of hydrogen-bond donors (Lipinski definition) is 2. The molecule has 6 heteroatoms. The third kappa shape index (κ3) is 5.13. The molecule has 3 aromatic carbocycles. The van der Waals surface area contributed by atoms with E-state index in [-0.39, 0.29) is 11.9 Å². The lowest BCUT2D eigenvalue weighted by atomic mass is 10.1. The lowest BCUT2D eigenvalue weighted by Gasteiger charge is -2.18. The molecular weight excluding hydrogens is 366 g/mol. The number of hydrogen-bond acceptors (Lipinski definition) is 3. The van der Waals surface area contributed by atoms with Gasteiger partial charge in [-0.2, -0.15) is 0 Å². The van der Waals surface area contributed by atoms with Gasteiger partial charge in [-0.1, -0.05) is 42.5 Å². The van der Waals surface area contributed by atoms with E-state index in [2.05, 4.69) is 10.6 Å². The molecule has 0 spiro atoms. The Kier molecular flexibility index (Phi) is 6.47. The van der Waals surface area contributed by atoms with Crippen LogP contribution in [0.4, 0.5) is 16.2 Å². The van der Waals surface area contributed by atoms with E-state index in [1.54, 1.807) is 43.3 Å². The average molecular weight is 389 g/mol. The summed E-state index contributed by atoms with van der Waals surface area (Å²) in [7, 11) is 3.31. The van der Waals surface area contributed by atoms with Crippen molar-refractivity contribution >= 4 is 23.3 Å². The van der Waals surface area contributed by atoms with Gasteiger partial charge >= 0.3 is 6.03 Å². The van der Waals surface area contributed by atoms with Gasteiger partial charge in [0.2, 0.25) is 0 Å². The SMILES string of the molecule is COc1ccccc1CNC(=O)Nc1cccc(C(=O)N(C)c2ccccc2)c1. The van der Waals surface area contributed by atoms with Gasteiger partial charge in [0.15, 0.2) is 0 Å². The van der Waals surface area contributed by atoms with Gasteiger partial charge in [0, 0.05) is 36.1 Å². The Balaban J connectivity index is 1.63. The van der Waals surface area contributed by atoms with E-state index >= 15 is 0 Å². The molecule has 6 nitrogen and oxygen atoms in total. The van der Waals surface area contributed by atoms with E-state index in [0.29, 0.717) is 23.5 Å². The Labute approximate surface area is 170 Å². The minimum absolute atomic E-state index is 0.158. The topological polar surface area (TPSA) is 70.7 Å². The van der Waals surface area contributed by atoms with Crippen molar-refractivity contribution in [1.29, 1.82) is 0 Å². The molecule has 29 heavy (non-hydrogen) atoms. The van der Waals surface area contributed by atoms with Crippen LogP contribution in [-0.4, -0.2) is 26.1 Å². The van der Waals surface area contributed by atoms with Gasteiger partial charge in [-0.05, 0) is 36.4 Å². The lowest BCUT2D eigenvalue weighted by Crippen LogP contribution is -2.29. The first kappa shape index (κ1) is 19.9. The maximum absolute atomic E-state index is 12.7. The van der Waals surface area contributed by atoms with Crippen LogP contribution in [0.2, 0.25) is 0 Å². The molecule has 0 atom stereocenters. The fourth-order valence-electron chi connectivity index (χ4n) is 2.89. The number of ether oxygens (including phenoxy) is 1. The zero-order chi connectivity index (χ0) is 20.6. The predicted octanol–water partition coefficient (Wildman–Crippen LogP) is 4.29. The summed E-state index contributed by atoms with van der Waals surface area (Å²) in [5, 5.41) is 5.56. The standard InChI is InChI=1S/C23H23N3O3/c1-26(20-12-4-3-5-13-20)22(27)17-10-8-11-19(15-17)25-23(28)24-16-18-9-6-7-14-21(18)29-2/h3-15H,16H2,1-2H3,(H2,24,25,28). The number of carbonyl (C=O) groups excluding carboxylic acids is 2. The Morgan fingerprint density at radius 2 is 1.66 bits per heavy atom. The third-order valence-corrected chi connectivity index (χ3v) is 4.45. The van der Waals surface area contributed by atoms with Crippen molar-refractivity contribution in [1.82, 2.24) is 5.32 Å². The number of rotatable bonds is 6. The van der Waals surface area contributed by atoms with E-state index in [1.807, 2.05) is 54.6 Å². The fraction of sp³-hybridized carbons (Fsp3) is 0.130. The second-order valence-electron chi connectivity index (χ2n) is 6.40. The van der Waals surface area contributed by atoms with Crippen molar-refractivity contribution in [3.05, 3.63) is 90.0 Å². The minimum Gasteiger partial charge on any atom is -0.496 e. The van der Waals surface area contributed by atoms with E-state index in [4.69, 9.17) is 4.74 Å². The van der Waals surface area contributed by atoms with Crippen molar-refractivity contribution < 1.29 is 14.3 Å². The van der Waals surface area contributed by atoms with Crippen molar-refractivity contribution in [3.63, 3.8) is 0 Å². The fourth-order valence-corrected chi connectivity index (χ4v) is 2.89. The molecule has 0 radical (unpaired) electrons. The molecule has 0 fully saturated rings. The first-order valence-electron chi connectivity index (χ1n) is 9.18. The quantitative estimate of drug-likeness (QED) is 0.661. The molecule has 0 heterocycles. The Hall–Kier alpha value is -3.80. The van der Waals surface area contributed by atoms with Crippen LogP contribution in [0.25, 0.3) is 0 Å². The minimum atomic E-state index is -0.364. The summed E-state index contributed by atoms with van der Waals surface area (Å²) in [4.78, 5) is 26.6. The molecule has 3 rings (SSSR count). The smallest absolute Gasteiger partial charge is 0.319 e. The summed E-state index contributed by atoms with van der Waals surface area (Å²) < 4.78 is 5.28. The molecule has 3 amide bonds. The van der Waals surface area contributed by atoms with Crippen LogP contribution < -0.4 is 20.3 Å². The molecule has 148 valence electrons. The highest BCUT2D eigenvalue weighted by molar-refractivity contribution is 6.06. The molecule has 0 unspecified atom stereocenters. The Morgan fingerprint density at radius 3 is 2.41 bits per heavy atom. The molecule has 0 saturated heterocycles. The van der Waals surface area contributed by atoms with Crippen LogP contribution in [0.5, 0.6) is 5.75 Å². The first-order chi connectivity index (χ1) is 14.1. The van der Waals surface area contributed by atoms with Crippen LogP contribution in [0.3, 0.4) is 0 Å². The second-order valence-corrected chi connectivity index (χ2v) is 6.40. The van der Waals surface area contributed by atoms with Crippen LogP contribution in [0.1, 0.15) is 15.9 Å². The number of benzene rings is 3.